The summed E-state index contributed by atoms with van der Waals surface area (Å²) in [5, 5.41) is 0. The molecule has 0 aromatic heterocycles. The fraction of sp³-hybridized carbons (Fsp3) is 0.377. The first-order chi connectivity index (χ1) is 47.0. The lowest BCUT2D eigenvalue weighted by atomic mass is 9.90. The predicted octanol–water partition coefficient (Wildman–Crippen LogP) is 11.7. The van der Waals surface area contributed by atoms with Crippen molar-refractivity contribution in [3.05, 3.63) is 188 Å². The van der Waals surface area contributed by atoms with Gasteiger partial charge in [-0.25, -0.2) is 4.79 Å². The first-order valence-electron chi connectivity index (χ1n) is 32.0. The number of ether oxygens (including phenoxy) is 13. The maximum atomic E-state index is 11.0. The largest absolute Gasteiger partial charge is 0.491 e. The molecule has 0 saturated carbocycles. The lowest BCUT2D eigenvalue weighted by Gasteiger charge is -2.37. The number of carbonyl (C=O) groups excluding carboxylic acids is 8. The van der Waals surface area contributed by atoms with E-state index in [0.717, 1.165) is 90.6 Å². The van der Waals surface area contributed by atoms with Gasteiger partial charge in [-0.15, -0.1) is 0 Å². The van der Waals surface area contributed by atoms with Gasteiger partial charge in [0.25, 0.3) is 0 Å². The van der Waals surface area contributed by atoms with Crippen molar-refractivity contribution < 1.29 is 99.9 Å². The van der Waals surface area contributed by atoms with Crippen molar-refractivity contribution in [3.8, 4) is 51.0 Å². The number of benzene rings is 6. The lowest BCUT2D eigenvalue weighted by Crippen LogP contribution is -2.43. The van der Waals surface area contributed by atoms with Crippen molar-refractivity contribution >= 4 is 46.6 Å². The second-order valence-corrected chi connectivity index (χ2v) is 23.3. The van der Waals surface area contributed by atoms with Crippen LogP contribution in [0.1, 0.15) is 88.1 Å². The Morgan fingerprint density at radius 2 is 0.816 bits per heavy atom. The summed E-state index contributed by atoms with van der Waals surface area (Å²) in [6.07, 6.45) is 4.28. The van der Waals surface area contributed by atoms with Gasteiger partial charge in [0.15, 0.2) is 35.7 Å². The highest BCUT2D eigenvalue weighted by atomic mass is 16.7. The summed E-state index contributed by atoms with van der Waals surface area (Å²) in [6, 6.07) is 46.1. The Labute approximate surface area is 573 Å². The van der Waals surface area contributed by atoms with Crippen molar-refractivity contribution in [1.29, 1.82) is 0 Å². The van der Waals surface area contributed by atoms with Crippen molar-refractivity contribution in [1.82, 2.24) is 0 Å². The third kappa shape index (κ3) is 35.0. The molecule has 6 aromatic carbocycles. The summed E-state index contributed by atoms with van der Waals surface area (Å²) in [7, 11) is 0. The molecule has 21 nitrogen and oxygen atoms in total. The summed E-state index contributed by atoms with van der Waals surface area (Å²) in [6.45, 7) is 26.9. The number of carbonyl (C=O) groups is 8. The minimum absolute atomic E-state index is 0.00349. The second kappa shape index (κ2) is 42.9. The lowest BCUT2D eigenvalue weighted by molar-refractivity contribution is -0.151. The summed E-state index contributed by atoms with van der Waals surface area (Å²) < 4.78 is 67.3. The van der Waals surface area contributed by atoms with Gasteiger partial charge < -0.3 is 61.6 Å². The molecule has 98 heavy (non-hydrogen) atoms. The molecule has 4 atom stereocenters. The maximum absolute atomic E-state index is 11.0. The molecule has 0 aliphatic carbocycles. The minimum atomic E-state index is -0.465. The molecule has 0 amide bonds. The van der Waals surface area contributed by atoms with E-state index < -0.39 is 5.97 Å². The maximum Gasteiger partial charge on any atom is 0.330 e. The van der Waals surface area contributed by atoms with Gasteiger partial charge in [0.2, 0.25) is 0 Å². The number of esters is 2. The highest BCUT2D eigenvalue weighted by Gasteiger charge is 2.33. The molecule has 5 heterocycles. The Morgan fingerprint density at radius 3 is 1.12 bits per heavy atom. The quantitative estimate of drug-likeness (QED) is 0.00771. The molecule has 6 aromatic rings. The molecule has 5 aliphatic heterocycles. The number of hydrogen-bond acceptors (Lipinski definition) is 21. The van der Waals surface area contributed by atoms with Crippen LogP contribution in [0.5, 0.6) is 28.7 Å². The molecule has 5 saturated heterocycles. The van der Waals surface area contributed by atoms with Crippen LogP contribution >= 0.6 is 0 Å². The van der Waals surface area contributed by atoms with Gasteiger partial charge in [0.1, 0.15) is 92.3 Å². The van der Waals surface area contributed by atoms with Gasteiger partial charge in [-0.3, -0.25) is 33.6 Å². The number of hydrogen-bond donors (Lipinski definition) is 0. The van der Waals surface area contributed by atoms with Crippen LogP contribution in [0.15, 0.2) is 171 Å². The molecule has 0 spiro atoms. The van der Waals surface area contributed by atoms with E-state index in [1.165, 1.54) is 39.3 Å². The van der Waals surface area contributed by atoms with Crippen molar-refractivity contribution in [2.75, 3.05) is 92.7 Å². The van der Waals surface area contributed by atoms with Gasteiger partial charge in [-0.05, 0) is 155 Å². The molecule has 0 N–H and O–H groups in total. The topological polar surface area (TPSA) is 270 Å². The summed E-state index contributed by atoms with van der Waals surface area (Å²) in [4.78, 5) is 84.6. The Bertz CT molecular complexity index is 3450. The van der Waals surface area contributed by atoms with Crippen molar-refractivity contribution in [3.63, 3.8) is 0 Å². The Balaban J connectivity index is 0.000000218. The number of allylic oxidation sites excluding steroid dienone is 1. The van der Waals surface area contributed by atoms with Crippen molar-refractivity contribution in [2.45, 2.75) is 92.6 Å². The van der Waals surface area contributed by atoms with E-state index in [4.69, 9.17) is 56.8 Å². The first-order valence-corrected chi connectivity index (χ1v) is 32.0. The zero-order valence-electron chi connectivity index (χ0n) is 57.1. The van der Waals surface area contributed by atoms with Gasteiger partial charge in [-0.2, -0.15) is 0 Å². The number of Topliss-reactive ketones (excluding diaryl/α,β-unsaturated/α-hetero) is 5. The average molecular weight is 1350 g/mol. The van der Waals surface area contributed by atoms with E-state index in [2.05, 4.69) is 24.8 Å². The molecule has 5 aliphatic rings. The first kappa shape index (κ1) is 79.2. The summed E-state index contributed by atoms with van der Waals surface area (Å²) >= 11 is 0. The van der Waals surface area contributed by atoms with E-state index in [9.17, 15) is 38.4 Å². The molecular weight excluding hydrogens is 1260 g/mol. The molecule has 0 radical (unpaired) electrons. The number of ketones is 6. The van der Waals surface area contributed by atoms with E-state index in [1.807, 2.05) is 121 Å². The molecule has 21 heteroatoms. The Morgan fingerprint density at radius 1 is 0.459 bits per heavy atom. The van der Waals surface area contributed by atoms with Crippen LogP contribution < -0.4 is 23.7 Å². The van der Waals surface area contributed by atoms with Crippen LogP contribution in [0.25, 0.3) is 22.3 Å². The van der Waals surface area contributed by atoms with Crippen molar-refractivity contribution in [2.24, 2.45) is 5.41 Å². The van der Waals surface area contributed by atoms with Crippen LogP contribution in [0.2, 0.25) is 0 Å². The zero-order chi connectivity index (χ0) is 71.2. The predicted molar refractivity (Wildman–Crippen MR) is 367 cm³/mol. The Hall–Kier alpha value is -9.48. The van der Waals surface area contributed by atoms with Gasteiger partial charge in [0.05, 0.1) is 59.0 Å². The third-order valence-corrected chi connectivity index (χ3v) is 13.8. The molecule has 524 valence electrons. The molecule has 4 unspecified atom stereocenters. The Kier molecular flexibility index (Phi) is 34.7. The average Bonchev–Trinajstić information content (AvgIpc) is 1.74. The molecule has 0 bridgehead atoms. The molecular formula is C77H90O21. The highest BCUT2D eigenvalue weighted by Crippen LogP contribution is 2.29. The molecule has 11 rings (SSSR count). The SMILES string of the molecule is C=CC(=O)OCC.C=CC(C)=O.CC(=O)CC(=O)OCC1CO1.CC(=O)COc1ccc(-c2ccc(OCC3CO3)cc2)cc1.CC(=O)COc1ccc(-c2ccc(OCOCC3(C)COC3)cc2)cc1.CC(=O)c1ccc(CC2CO2)cc1.CC(=O)c1ccc(OCC2CO2)cc1. The normalized spacial score (nSPS) is 16.2. The summed E-state index contributed by atoms with van der Waals surface area (Å²) in [5.41, 5.74) is 7.21. The monoisotopic (exact) mass is 1350 g/mol. The highest BCUT2D eigenvalue weighted by molar-refractivity contribution is 5.95. The van der Waals surface area contributed by atoms with Gasteiger partial charge in [-0.1, -0.05) is 92.9 Å². The fourth-order valence-corrected chi connectivity index (χ4v) is 7.90. The number of epoxide rings is 4. The summed E-state index contributed by atoms with van der Waals surface area (Å²) in [5.74, 6) is 3.01. The fourth-order valence-electron chi connectivity index (χ4n) is 7.90. The van der Waals surface area contributed by atoms with Crippen LogP contribution in [-0.2, 0) is 73.1 Å². The van der Waals surface area contributed by atoms with E-state index in [-0.39, 0.29) is 97.4 Å². The van der Waals surface area contributed by atoms with Crippen LogP contribution in [0.3, 0.4) is 0 Å². The molecule has 5 fully saturated rings. The van der Waals surface area contributed by atoms with Crippen LogP contribution in [0, 0.1) is 5.41 Å². The minimum Gasteiger partial charge on any atom is -0.491 e. The van der Waals surface area contributed by atoms with Crippen LogP contribution in [-0.4, -0.2) is 164 Å². The standard InChI is InChI=1S/C21H24O5.C18H18O4.C11H12O3.C11H12O2.C7H10O4.C5H8O2.C4H6O/c1-16(22)11-25-19-7-3-17(4-8-19)18-5-9-20(10-6-18)26-15-24-14-21(2)12-23-13-21;1-13(19)10-20-16-6-2-14(3-7-16)15-4-8-17(9-5-15)21-11-18-12-22-18;1-8(12)9-2-4-10(5-3-9)13-6-11-7-14-11;1-8(12)10-4-2-9(3-5-10)6-11-7-13-11;1-5(8)2-7(9)11-4-6-3-10-6;1-3-5(6)7-4-2;1-3-4(2)5/h3-10H,11-15H2,1-2H3;2-9,18H,10-12H2,1H3;2-5,11H,6-7H2,1H3;2-5,11H,6-7H2,1H3;6H,2-4H2,1H3;3H,1,4H2,2H3;3H,1H2,2H3. The second-order valence-electron chi connectivity index (χ2n) is 23.3. The smallest absolute Gasteiger partial charge is 0.330 e. The van der Waals surface area contributed by atoms with Crippen LogP contribution in [0.4, 0.5) is 0 Å². The van der Waals surface area contributed by atoms with E-state index in [0.29, 0.717) is 56.2 Å². The number of rotatable bonds is 30. The van der Waals surface area contributed by atoms with E-state index in [1.54, 1.807) is 45.0 Å². The van der Waals surface area contributed by atoms with E-state index >= 15 is 0 Å². The zero-order valence-corrected chi connectivity index (χ0v) is 57.1. The third-order valence-electron chi connectivity index (χ3n) is 13.8. The van der Waals surface area contributed by atoms with Gasteiger partial charge in [0, 0.05) is 29.0 Å². The van der Waals surface area contributed by atoms with Gasteiger partial charge >= 0.3 is 11.9 Å².